The van der Waals surface area contributed by atoms with E-state index < -0.39 is 0 Å². The van der Waals surface area contributed by atoms with Gasteiger partial charge >= 0.3 is 0 Å². The largest absolute Gasteiger partial charge is 0.256 e. The van der Waals surface area contributed by atoms with Gasteiger partial charge in [-0.1, -0.05) is 212 Å². The summed E-state index contributed by atoms with van der Waals surface area (Å²) in [7, 11) is 0. The maximum Gasteiger partial charge on any atom is 0.0979 e. The van der Waals surface area contributed by atoms with Crippen LogP contribution in [0.2, 0.25) is 0 Å². The Labute approximate surface area is 812 Å². The van der Waals surface area contributed by atoms with E-state index in [4.69, 9.17) is 54.8 Å². The topological polar surface area (TPSA) is 219 Å². The van der Waals surface area contributed by atoms with Crippen LogP contribution in [0, 0.1) is 0 Å². The number of hydrogen-bond donors (Lipinski definition) is 0. The van der Waals surface area contributed by atoms with Gasteiger partial charge in [-0.05, 0) is 242 Å². The minimum absolute atomic E-state index is 0.783. The predicted octanol–water partition coefficient (Wildman–Crippen LogP) is 29.8. The summed E-state index contributed by atoms with van der Waals surface area (Å²) in [5, 5.41) is 16.5. The van der Waals surface area contributed by atoms with E-state index in [2.05, 4.69) is 279 Å². The molecule has 0 aliphatic rings. The van der Waals surface area contributed by atoms with Crippen LogP contribution >= 0.6 is 0 Å². The highest BCUT2D eigenvalue weighted by Crippen LogP contribution is 2.47. The van der Waals surface area contributed by atoms with E-state index in [1.54, 1.807) is 37.2 Å². The summed E-state index contributed by atoms with van der Waals surface area (Å²) >= 11 is 0. The van der Waals surface area contributed by atoms with Gasteiger partial charge in [-0.25, -0.2) is 34.9 Å². The van der Waals surface area contributed by atoms with Gasteiger partial charge in [0.2, 0.25) is 0 Å². The van der Waals surface area contributed by atoms with Crippen LogP contribution in [0.4, 0.5) is 0 Å². The number of fused-ring (bicyclic) bond motifs is 17. The number of para-hydroxylation sites is 3. The number of hydrogen-bond acceptors (Lipinski definition) is 17. The molecular formula is C125H75N17. The van der Waals surface area contributed by atoms with E-state index in [9.17, 15) is 0 Å². The first-order chi connectivity index (χ1) is 70.4. The molecule has 28 rings (SSSR count). The van der Waals surface area contributed by atoms with E-state index in [-0.39, 0.29) is 0 Å². The van der Waals surface area contributed by atoms with Gasteiger partial charge in [-0.2, -0.15) is 0 Å². The lowest BCUT2D eigenvalue weighted by atomic mass is 9.90. The molecule has 17 nitrogen and oxygen atoms in total. The van der Waals surface area contributed by atoms with E-state index in [1.807, 2.05) is 170 Å². The Morgan fingerprint density at radius 1 is 0.120 bits per heavy atom. The van der Waals surface area contributed by atoms with Gasteiger partial charge in [-0.3, -0.25) is 49.8 Å². The van der Waals surface area contributed by atoms with Gasteiger partial charge in [0.15, 0.2) is 0 Å². The second-order valence-corrected chi connectivity index (χ2v) is 34.9. The molecule has 0 aliphatic carbocycles. The maximum atomic E-state index is 5.21. The van der Waals surface area contributed by atoms with E-state index in [0.29, 0.717) is 0 Å². The van der Waals surface area contributed by atoms with Crippen molar-refractivity contribution in [3.8, 4) is 135 Å². The van der Waals surface area contributed by atoms with Gasteiger partial charge in [0.05, 0.1) is 135 Å². The lowest BCUT2D eigenvalue weighted by Gasteiger charge is -2.16. The summed E-state index contributed by atoms with van der Waals surface area (Å²) in [6, 6.07) is 135. The molecule has 0 saturated carbocycles. The molecule has 11 aromatic carbocycles. The molecule has 0 unspecified atom stereocenters. The van der Waals surface area contributed by atoms with Crippen LogP contribution in [0.25, 0.3) is 277 Å². The quantitative estimate of drug-likeness (QED) is 0.0820. The summed E-state index contributed by atoms with van der Waals surface area (Å²) in [5.41, 5.74) is 32.5. The molecule has 17 aromatic heterocycles. The normalized spacial score (nSPS) is 11.5. The van der Waals surface area contributed by atoms with Crippen LogP contribution in [-0.2, 0) is 0 Å². The minimum Gasteiger partial charge on any atom is -0.256 e. The third-order valence-electron chi connectivity index (χ3n) is 26.4. The van der Waals surface area contributed by atoms with Crippen molar-refractivity contribution in [3.05, 3.63) is 456 Å². The minimum atomic E-state index is 0.783. The highest BCUT2D eigenvalue weighted by Gasteiger charge is 2.24. The highest BCUT2D eigenvalue weighted by atomic mass is 14.9. The fourth-order valence-corrected chi connectivity index (χ4v) is 19.8. The lowest BCUT2D eigenvalue weighted by Crippen LogP contribution is -1.96. The summed E-state index contributed by atoms with van der Waals surface area (Å²) in [6.07, 6.45) is 18.1. The van der Waals surface area contributed by atoms with Crippen molar-refractivity contribution >= 4 is 141 Å². The molecular weight excluding hydrogens is 1740 g/mol. The van der Waals surface area contributed by atoms with Crippen molar-refractivity contribution in [1.82, 2.24) is 84.7 Å². The van der Waals surface area contributed by atoms with Gasteiger partial charge < -0.3 is 0 Å². The fourth-order valence-electron chi connectivity index (χ4n) is 19.8. The monoisotopic (exact) mass is 1810 g/mol. The van der Waals surface area contributed by atoms with E-state index in [1.165, 1.54) is 27.1 Å². The molecule has 17 heteroatoms. The van der Waals surface area contributed by atoms with Crippen molar-refractivity contribution in [3.63, 3.8) is 0 Å². The van der Waals surface area contributed by atoms with Crippen molar-refractivity contribution < 1.29 is 0 Å². The second kappa shape index (κ2) is 35.6. The maximum absolute atomic E-state index is 5.21. The lowest BCUT2D eigenvalue weighted by molar-refractivity contribution is 1.22. The molecule has 0 bridgehead atoms. The molecule has 28 aromatic rings. The van der Waals surface area contributed by atoms with Crippen molar-refractivity contribution in [1.29, 1.82) is 0 Å². The summed E-state index contributed by atoms with van der Waals surface area (Å²) < 4.78 is 0. The summed E-state index contributed by atoms with van der Waals surface area (Å²) in [6.45, 7) is 0. The predicted molar refractivity (Wildman–Crippen MR) is 575 cm³/mol. The SMILES string of the molecule is c1ccc(-c2cc(-c3ccc(-c4c5ccccc5nc5c4ccc4cccnc45)c4ncccc34)cc(-c3ccccn3)n2)nc1.c1ccc(-c2cc(-c3ccc4c(ccc5cc(-c6c7ccccc7nc7c6ccc6cccnc67)ccc54)c3)cc(-c3ccccn3)n2)nc1.c1ccc(-c2cc(-c3ccc4nc(-c5c6ccccc6nc6c5ccc5cccnc56)ccc4c3)cc(-c3ccccn3)n2)nc1. The average molecular weight is 1820 g/mol. The third kappa shape index (κ3) is 15.3. The van der Waals surface area contributed by atoms with Gasteiger partial charge in [-0.15, -0.1) is 0 Å². The van der Waals surface area contributed by atoms with E-state index >= 15 is 0 Å². The summed E-state index contributed by atoms with van der Waals surface area (Å²) in [5.74, 6) is 0. The number of rotatable bonds is 12. The molecule has 0 saturated heterocycles. The first-order valence-electron chi connectivity index (χ1n) is 46.9. The van der Waals surface area contributed by atoms with Crippen LogP contribution in [0.15, 0.2) is 456 Å². The fraction of sp³-hybridized carbons (Fsp3) is 0. The summed E-state index contributed by atoms with van der Waals surface area (Å²) in [4.78, 5) is 82.0. The number of aromatic nitrogens is 17. The average Bonchev–Trinajstić information content (AvgIpc) is 0.735. The molecule has 0 spiro atoms. The second-order valence-electron chi connectivity index (χ2n) is 34.9. The van der Waals surface area contributed by atoms with Crippen molar-refractivity contribution in [2.75, 3.05) is 0 Å². The van der Waals surface area contributed by atoms with Crippen LogP contribution < -0.4 is 0 Å². The molecule has 17 heterocycles. The van der Waals surface area contributed by atoms with Crippen molar-refractivity contribution in [2.45, 2.75) is 0 Å². The van der Waals surface area contributed by atoms with E-state index in [0.717, 1.165) is 250 Å². The van der Waals surface area contributed by atoms with Crippen LogP contribution in [0.1, 0.15) is 0 Å². The number of benzene rings is 11. The standard InChI is InChI=1S/C45H27N5.2C40H24N6/c1-2-10-38-36(9-1)43(37-20-15-28-8-7-23-48-44(28)45(37)50-38)32-17-19-35-31(25-32)14-13-30-24-29(16-18-34(30)35)33-26-41(39-11-3-5-21-46-39)49-42(27-33)40-12-4-6-22-47-40;1-2-12-32-29(10-1)37(31-16-15-25-9-7-21-43-38(25)40(31)46-32)30-18-17-27(28-11-8-22-44-39(28)30)26-23-35(33-13-3-5-19-41-33)45-36(24-26)34-14-4-6-20-42-34;1-2-10-32-29(9-1)38(30-16-13-25-8-7-21-43-39(25)40(30)46-32)35-18-15-27-22-26(14-17-31(27)44-35)28-23-36(33-11-3-5-19-41-33)45-37(24-28)34-12-4-6-20-42-34/h1-27H;2*1-24H. The molecule has 660 valence electrons. The van der Waals surface area contributed by atoms with Crippen LogP contribution in [-0.4, -0.2) is 84.7 Å². The Morgan fingerprint density at radius 3 is 0.873 bits per heavy atom. The molecule has 0 amide bonds. The first kappa shape index (κ1) is 83.0. The number of nitrogens with zero attached hydrogens (tertiary/aromatic N) is 17. The van der Waals surface area contributed by atoms with Crippen LogP contribution in [0.5, 0.6) is 0 Å². The van der Waals surface area contributed by atoms with Crippen LogP contribution in [0.3, 0.4) is 0 Å². The zero-order valence-electron chi connectivity index (χ0n) is 75.9. The Bertz CT molecular complexity index is 9710. The zero-order valence-corrected chi connectivity index (χ0v) is 75.9. The Balaban J connectivity index is 0.000000109. The smallest absolute Gasteiger partial charge is 0.0979 e. The Morgan fingerprint density at radius 2 is 0.437 bits per heavy atom. The molecule has 0 fully saturated rings. The molecule has 0 radical (unpaired) electrons. The van der Waals surface area contributed by atoms with Gasteiger partial charge in [0, 0.05) is 143 Å². The Hall–Kier alpha value is -19.7. The molecule has 0 atom stereocenters. The highest BCUT2D eigenvalue weighted by molar-refractivity contribution is 6.22. The third-order valence-corrected chi connectivity index (χ3v) is 26.4. The Kier molecular flexibility index (Phi) is 20.8. The molecule has 0 aliphatic heterocycles. The van der Waals surface area contributed by atoms with Gasteiger partial charge in [0.25, 0.3) is 0 Å². The molecule has 0 N–H and O–H groups in total. The number of pyridine rings is 17. The molecule has 142 heavy (non-hydrogen) atoms. The zero-order chi connectivity index (χ0) is 93.9. The van der Waals surface area contributed by atoms with Gasteiger partial charge in [0.1, 0.15) is 0 Å². The van der Waals surface area contributed by atoms with Crippen molar-refractivity contribution in [2.24, 2.45) is 0 Å². The first-order valence-corrected chi connectivity index (χ1v) is 46.9.